The van der Waals surface area contributed by atoms with Crippen molar-refractivity contribution in [2.75, 3.05) is 18.1 Å². The Labute approximate surface area is 116 Å². The molecule has 1 N–H and O–H groups in total. The van der Waals surface area contributed by atoms with Gasteiger partial charge in [0.25, 0.3) is 5.91 Å². The molecule has 19 heavy (non-hydrogen) atoms. The van der Waals surface area contributed by atoms with Crippen LogP contribution in [0.1, 0.15) is 0 Å². The number of alkyl halides is 1. The second-order valence-corrected chi connectivity index (χ2v) is 7.08. The van der Waals surface area contributed by atoms with Crippen LogP contribution in [0.25, 0.3) is 0 Å². The van der Waals surface area contributed by atoms with Crippen LogP contribution in [-0.4, -0.2) is 43.9 Å². The Morgan fingerprint density at radius 3 is 2.58 bits per heavy atom. The van der Waals surface area contributed by atoms with Crippen LogP contribution in [0.15, 0.2) is 30.3 Å². The third-order valence-electron chi connectivity index (χ3n) is 2.74. The number of rotatable bonds is 4. The maximum Gasteiger partial charge on any atom is 0.258 e. The van der Waals surface area contributed by atoms with Gasteiger partial charge >= 0.3 is 0 Å². The lowest BCUT2D eigenvalue weighted by atomic mass is 10.2. The molecule has 7 heteroatoms. The summed E-state index contributed by atoms with van der Waals surface area (Å²) in [5.74, 6) is -0.00665. The second-order valence-electron chi connectivity index (χ2n) is 4.37. The van der Waals surface area contributed by atoms with Gasteiger partial charge in [0.2, 0.25) is 0 Å². The van der Waals surface area contributed by atoms with Crippen LogP contribution in [0, 0.1) is 0 Å². The lowest BCUT2D eigenvalue weighted by molar-refractivity contribution is -0.123. The topological polar surface area (TPSA) is 72.5 Å². The van der Waals surface area contributed by atoms with E-state index in [4.69, 9.17) is 16.3 Å². The fourth-order valence-electron chi connectivity index (χ4n) is 1.85. The van der Waals surface area contributed by atoms with Crippen molar-refractivity contribution in [3.8, 4) is 5.75 Å². The van der Waals surface area contributed by atoms with Gasteiger partial charge in [-0.1, -0.05) is 18.2 Å². The number of nitrogens with one attached hydrogen (secondary N) is 1. The van der Waals surface area contributed by atoms with Crippen LogP contribution in [-0.2, 0) is 14.6 Å². The van der Waals surface area contributed by atoms with Gasteiger partial charge in [0, 0.05) is 0 Å². The molecule has 0 unspecified atom stereocenters. The molecule has 0 saturated carbocycles. The predicted octanol–water partition coefficient (Wildman–Crippen LogP) is 0.586. The number of sulfone groups is 1. The van der Waals surface area contributed by atoms with Gasteiger partial charge < -0.3 is 10.1 Å². The number of benzene rings is 1. The molecule has 1 aromatic rings. The van der Waals surface area contributed by atoms with Crippen LogP contribution in [0.4, 0.5) is 0 Å². The Bertz CT molecular complexity index is 546. The van der Waals surface area contributed by atoms with E-state index < -0.39 is 21.3 Å². The smallest absolute Gasteiger partial charge is 0.258 e. The molecule has 1 heterocycles. The Morgan fingerprint density at radius 1 is 1.32 bits per heavy atom. The fourth-order valence-corrected chi connectivity index (χ4v) is 4.40. The molecular weight excluding hydrogens is 290 g/mol. The fraction of sp³-hybridized carbons (Fsp3) is 0.417. The van der Waals surface area contributed by atoms with Crippen molar-refractivity contribution in [1.82, 2.24) is 5.32 Å². The van der Waals surface area contributed by atoms with Crippen LogP contribution in [0.2, 0.25) is 0 Å². The first-order chi connectivity index (χ1) is 8.96. The Balaban J connectivity index is 1.82. The lowest BCUT2D eigenvalue weighted by Crippen LogP contribution is -2.42. The van der Waals surface area contributed by atoms with Crippen LogP contribution in [0.3, 0.4) is 0 Å². The van der Waals surface area contributed by atoms with E-state index in [9.17, 15) is 13.2 Å². The van der Waals surface area contributed by atoms with Crippen molar-refractivity contribution in [3.63, 3.8) is 0 Å². The maximum absolute atomic E-state index is 11.6. The van der Waals surface area contributed by atoms with E-state index >= 15 is 0 Å². The lowest BCUT2D eigenvalue weighted by Gasteiger charge is -2.14. The minimum Gasteiger partial charge on any atom is -0.484 e. The summed E-state index contributed by atoms with van der Waals surface area (Å²) in [6.45, 7) is -0.163. The highest BCUT2D eigenvalue weighted by Gasteiger charge is 2.37. The third kappa shape index (κ3) is 4.11. The number of hydrogen-bond acceptors (Lipinski definition) is 4. The molecule has 2 atom stereocenters. The molecule has 1 amide bonds. The minimum atomic E-state index is -3.14. The summed E-state index contributed by atoms with van der Waals surface area (Å²) in [5, 5.41) is 2.00. The number of para-hydroxylation sites is 1. The molecule has 1 saturated heterocycles. The van der Waals surface area contributed by atoms with Gasteiger partial charge in [-0.05, 0) is 12.1 Å². The molecule has 104 valence electrons. The molecule has 2 rings (SSSR count). The third-order valence-corrected chi connectivity index (χ3v) is 5.12. The quantitative estimate of drug-likeness (QED) is 0.826. The maximum atomic E-state index is 11.6. The average molecular weight is 304 g/mol. The molecule has 0 spiro atoms. The predicted molar refractivity (Wildman–Crippen MR) is 72.2 cm³/mol. The molecule has 1 aromatic carbocycles. The van der Waals surface area contributed by atoms with E-state index in [1.807, 2.05) is 6.07 Å². The van der Waals surface area contributed by atoms with Crippen LogP contribution >= 0.6 is 11.6 Å². The average Bonchev–Trinajstić information content (AvgIpc) is 2.61. The van der Waals surface area contributed by atoms with E-state index in [2.05, 4.69) is 5.32 Å². The summed E-state index contributed by atoms with van der Waals surface area (Å²) in [7, 11) is -3.14. The number of carbonyl (C=O) groups is 1. The normalized spacial score (nSPS) is 24.9. The largest absolute Gasteiger partial charge is 0.484 e. The standard InChI is InChI=1S/C12H14ClNO4S/c13-10-7-19(16,17)8-11(10)14-12(15)6-18-9-4-2-1-3-5-9/h1-5,10-11H,6-8H2,(H,14,15)/t10-,11-/m1/s1. The van der Waals surface area contributed by atoms with Crippen LogP contribution < -0.4 is 10.1 Å². The summed E-state index contributed by atoms with van der Waals surface area (Å²) in [6.07, 6.45) is 0. The Kier molecular flexibility index (Phi) is 4.31. The van der Waals surface area contributed by atoms with Crippen molar-refractivity contribution in [2.24, 2.45) is 0 Å². The summed E-state index contributed by atoms with van der Waals surface area (Å²) in [5.41, 5.74) is 0. The number of amides is 1. The van der Waals surface area contributed by atoms with E-state index in [-0.39, 0.29) is 24.0 Å². The summed E-state index contributed by atoms with van der Waals surface area (Å²) in [6, 6.07) is 8.36. The number of halogens is 1. The highest BCUT2D eigenvalue weighted by atomic mass is 35.5. The zero-order valence-electron chi connectivity index (χ0n) is 10.1. The van der Waals surface area contributed by atoms with Gasteiger partial charge in [-0.15, -0.1) is 11.6 Å². The van der Waals surface area contributed by atoms with Gasteiger partial charge in [-0.3, -0.25) is 4.79 Å². The van der Waals surface area contributed by atoms with E-state index in [0.717, 1.165) is 0 Å². The molecule has 0 aromatic heterocycles. The zero-order chi connectivity index (χ0) is 13.9. The molecule has 1 aliphatic heterocycles. The highest BCUT2D eigenvalue weighted by molar-refractivity contribution is 7.91. The summed E-state index contributed by atoms with van der Waals surface area (Å²) >= 11 is 5.89. The van der Waals surface area contributed by atoms with Crippen LogP contribution in [0.5, 0.6) is 5.75 Å². The first-order valence-corrected chi connectivity index (χ1v) is 8.04. The van der Waals surface area contributed by atoms with Gasteiger partial charge in [-0.25, -0.2) is 8.42 Å². The monoisotopic (exact) mass is 303 g/mol. The molecule has 0 aliphatic carbocycles. The van der Waals surface area contributed by atoms with Crippen molar-refractivity contribution < 1.29 is 17.9 Å². The minimum absolute atomic E-state index is 0.0982. The SMILES string of the molecule is O=C(COc1ccccc1)N[C@@H]1CS(=O)(=O)C[C@H]1Cl. The highest BCUT2D eigenvalue weighted by Crippen LogP contribution is 2.18. The number of hydrogen-bond donors (Lipinski definition) is 1. The first kappa shape index (κ1) is 14.1. The van der Waals surface area contributed by atoms with E-state index in [1.165, 1.54) is 0 Å². The Hall–Kier alpha value is -1.27. The van der Waals surface area contributed by atoms with Crippen molar-refractivity contribution in [3.05, 3.63) is 30.3 Å². The van der Waals surface area contributed by atoms with Gasteiger partial charge in [-0.2, -0.15) is 0 Å². The molecule has 1 fully saturated rings. The number of ether oxygens (including phenoxy) is 1. The Morgan fingerprint density at radius 2 is 2.00 bits per heavy atom. The summed E-state index contributed by atoms with van der Waals surface area (Å²) in [4.78, 5) is 11.6. The van der Waals surface area contributed by atoms with E-state index in [0.29, 0.717) is 5.75 Å². The molecule has 0 radical (unpaired) electrons. The van der Waals surface area contributed by atoms with E-state index in [1.54, 1.807) is 24.3 Å². The van der Waals surface area contributed by atoms with Gasteiger partial charge in [0.05, 0.1) is 22.9 Å². The van der Waals surface area contributed by atoms with Crippen molar-refractivity contribution in [2.45, 2.75) is 11.4 Å². The van der Waals surface area contributed by atoms with Crippen molar-refractivity contribution in [1.29, 1.82) is 0 Å². The van der Waals surface area contributed by atoms with Crippen molar-refractivity contribution >= 4 is 27.3 Å². The zero-order valence-corrected chi connectivity index (χ0v) is 11.7. The van der Waals surface area contributed by atoms with Gasteiger partial charge in [0.1, 0.15) is 5.75 Å². The summed E-state index contributed by atoms with van der Waals surface area (Å²) < 4.78 is 28.0. The molecule has 5 nitrogen and oxygen atoms in total. The number of carbonyl (C=O) groups excluding carboxylic acids is 1. The molecule has 0 bridgehead atoms. The van der Waals surface area contributed by atoms with Gasteiger partial charge in [0.15, 0.2) is 16.4 Å². The first-order valence-electron chi connectivity index (χ1n) is 5.78. The molecule has 1 aliphatic rings. The second kappa shape index (κ2) is 5.79. The molecular formula is C12H14ClNO4S.